The summed E-state index contributed by atoms with van der Waals surface area (Å²) in [4.78, 5) is 32.0. The van der Waals surface area contributed by atoms with Gasteiger partial charge in [-0.2, -0.15) is 10.3 Å². The Morgan fingerprint density at radius 2 is 2.12 bits per heavy atom. The molecule has 33 heavy (non-hydrogen) atoms. The van der Waals surface area contributed by atoms with E-state index in [2.05, 4.69) is 31.6 Å². The molecule has 2 amide bonds. The predicted octanol–water partition coefficient (Wildman–Crippen LogP) is 3.41. The van der Waals surface area contributed by atoms with Gasteiger partial charge < -0.3 is 25.0 Å². The Morgan fingerprint density at radius 3 is 2.79 bits per heavy atom. The molecule has 9 nitrogen and oxygen atoms in total. The Balaban J connectivity index is 1.51. The third-order valence-corrected chi connectivity index (χ3v) is 7.21. The van der Waals surface area contributed by atoms with Crippen LogP contribution in [0.25, 0.3) is 0 Å². The number of aliphatic imine (C=N–C) groups is 1. The number of morpholine rings is 1. The smallest absolute Gasteiger partial charge is 0.262 e. The van der Waals surface area contributed by atoms with Crippen LogP contribution in [0.1, 0.15) is 16.1 Å². The molecule has 4 rings (SSSR count). The Morgan fingerprint density at radius 1 is 1.27 bits per heavy atom. The molecule has 0 radical (unpaired) electrons. The number of nitrogens with zero attached hydrogens (tertiary/aromatic N) is 3. The quantitative estimate of drug-likeness (QED) is 0.549. The van der Waals surface area contributed by atoms with E-state index in [1.54, 1.807) is 36.5 Å². The molecule has 2 aliphatic rings. The zero-order valence-corrected chi connectivity index (χ0v) is 20.4. The van der Waals surface area contributed by atoms with Crippen molar-refractivity contribution in [1.82, 2.24) is 5.32 Å². The number of nitrogens with one attached hydrogen (secondary N) is 2. The molecule has 0 spiro atoms. The summed E-state index contributed by atoms with van der Waals surface area (Å²) in [5.74, 6) is -0.255. The summed E-state index contributed by atoms with van der Waals surface area (Å²) in [6.45, 7) is 1.62. The molecular weight excluding hydrogens is 534 g/mol. The average Bonchev–Trinajstić information content (AvgIpc) is 3.45. The van der Waals surface area contributed by atoms with Gasteiger partial charge in [0.05, 0.1) is 32.6 Å². The number of ether oxygens (including phenoxy) is 2. The molecule has 2 aliphatic heterocycles. The number of hydrogen-bond acceptors (Lipinski definition) is 7. The molecule has 0 saturated carbocycles. The van der Waals surface area contributed by atoms with Gasteiger partial charge in [-0.25, -0.2) is 0 Å². The van der Waals surface area contributed by atoms with E-state index in [1.807, 2.05) is 4.90 Å². The van der Waals surface area contributed by atoms with Crippen LogP contribution >= 0.6 is 38.9 Å². The number of rotatable bonds is 5. The van der Waals surface area contributed by atoms with Gasteiger partial charge in [-0.05, 0) is 46.3 Å². The summed E-state index contributed by atoms with van der Waals surface area (Å²) in [5.41, 5.74) is -0.0576. The van der Waals surface area contributed by atoms with Crippen LogP contribution < -0.4 is 15.5 Å². The lowest BCUT2D eigenvalue weighted by Crippen LogP contribution is -2.57. The van der Waals surface area contributed by atoms with Crippen LogP contribution in [-0.2, 0) is 14.3 Å². The van der Waals surface area contributed by atoms with Crippen LogP contribution in [0.4, 0.5) is 11.4 Å². The maximum Gasteiger partial charge on any atom is 0.262 e. The predicted molar refractivity (Wildman–Crippen MR) is 129 cm³/mol. The van der Waals surface area contributed by atoms with Gasteiger partial charge in [0, 0.05) is 25.3 Å². The zero-order valence-electron chi connectivity index (χ0n) is 17.3. The van der Waals surface area contributed by atoms with Gasteiger partial charge in [0.1, 0.15) is 18.0 Å². The molecule has 2 N–H and O–H groups in total. The zero-order chi connectivity index (χ0) is 23.4. The SMILES string of the molecule is N#C/N=C1/COCCN1c1ccc(NC(=O)C2(NC(=O)c3ccc(Br)s3)CCOC2)cc1Cl. The van der Waals surface area contributed by atoms with Gasteiger partial charge in [0.25, 0.3) is 11.8 Å². The minimum atomic E-state index is -1.18. The second kappa shape index (κ2) is 10.2. The van der Waals surface area contributed by atoms with Crippen LogP contribution in [0.5, 0.6) is 0 Å². The number of anilines is 2. The van der Waals surface area contributed by atoms with Crippen molar-refractivity contribution in [3.05, 3.63) is 44.0 Å². The maximum absolute atomic E-state index is 13.2. The molecular formula is C21H19BrClN5O4S. The molecule has 2 fully saturated rings. The lowest BCUT2D eigenvalue weighted by molar-refractivity contribution is -0.122. The number of nitriles is 1. The lowest BCUT2D eigenvalue weighted by Gasteiger charge is -2.30. The Bertz CT molecular complexity index is 1140. The first-order valence-electron chi connectivity index (χ1n) is 9.99. The van der Waals surface area contributed by atoms with E-state index in [4.69, 9.17) is 26.3 Å². The normalized spacial score (nSPS) is 21.6. The summed E-state index contributed by atoms with van der Waals surface area (Å²) in [5, 5.41) is 15.0. The third kappa shape index (κ3) is 5.20. The van der Waals surface area contributed by atoms with Gasteiger partial charge in [0.2, 0.25) is 6.19 Å². The Hall–Kier alpha value is -2.49. The minimum absolute atomic E-state index is 0.0741. The fourth-order valence-electron chi connectivity index (χ4n) is 3.61. The third-order valence-electron chi connectivity index (χ3n) is 5.28. The van der Waals surface area contributed by atoms with Crippen molar-refractivity contribution in [2.45, 2.75) is 12.0 Å². The van der Waals surface area contributed by atoms with Gasteiger partial charge in [0.15, 0.2) is 0 Å². The van der Waals surface area contributed by atoms with E-state index in [1.165, 1.54) is 11.3 Å². The number of amides is 2. The minimum Gasteiger partial charge on any atom is -0.378 e. The lowest BCUT2D eigenvalue weighted by atomic mass is 9.97. The number of halogens is 2. The molecule has 12 heteroatoms. The number of carbonyl (C=O) groups excluding carboxylic acids is 2. The first-order valence-corrected chi connectivity index (χ1v) is 12.0. The van der Waals surface area contributed by atoms with Crippen molar-refractivity contribution in [2.75, 3.05) is 43.2 Å². The second-order valence-corrected chi connectivity index (χ2v) is 10.3. The largest absolute Gasteiger partial charge is 0.378 e. The van der Waals surface area contributed by atoms with E-state index in [9.17, 15) is 9.59 Å². The van der Waals surface area contributed by atoms with Crippen molar-refractivity contribution < 1.29 is 19.1 Å². The van der Waals surface area contributed by atoms with E-state index in [0.29, 0.717) is 53.3 Å². The van der Waals surface area contributed by atoms with E-state index in [0.717, 1.165) is 3.79 Å². The highest BCUT2D eigenvalue weighted by Crippen LogP contribution is 2.31. The molecule has 3 heterocycles. The average molecular weight is 553 g/mol. The van der Waals surface area contributed by atoms with Gasteiger partial charge in [-0.3, -0.25) is 9.59 Å². The van der Waals surface area contributed by atoms with Gasteiger partial charge >= 0.3 is 0 Å². The Labute approximate surface area is 207 Å². The summed E-state index contributed by atoms with van der Waals surface area (Å²) < 4.78 is 11.6. The molecule has 2 saturated heterocycles. The summed E-state index contributed by atoms with van der Waals surface area (Å²) in [6, 6.07) is 8.55. The molecule has 0 aliphatic carbocycles. The molecule has 1 atom stereocenters. The van der Waals surface area contributed by atoms with E-state index < -0.39 is 5.54 Å². The fourth-order valence-corrected chi connectivity index (χ4v) is 5.17. The maximum atomic E-state index is 13.2. The van der Waals surface area contributed by atoms with Crippen LogP contribution in [-0.4, -0.2) is 56.2 Å². The second-order valence-electron chi connectivity index (χ2n) is 7.40. The molecule has 1 aromatic heterocycles. The van der Waals surface area contributed by atoms with E-state index >= 15 is 0 Å². The van der Waals surface area contributed by atoms with Crippen molar-refractivity contribution in [1.29, 1.82) is 5.26 Å². The Kier molecular flexibility index (Phi) is 7.31. The van der Waals surface area contributed by atoms with Crippen molar-refractivity contribution >= 4 is 67.9 Å². The highest BCUT2D eigenvalue weighted by atomic mass is 79.9. The highest BCUT2D eigenvalue weighted by Gasteiger charge is 2.44. The monoisotopic (exact) mass is 551 g/mol. The van der Waals surface area contributed by atoms with Crippen LogP contribution in [0.3, 0.4) is 0 Å². The molecule has 172 valence electrons. The van der Waals surface area contributed by atoms with Crippen molar-refractivity contribution in [2.24, 2.45) is 4.99 Å². The van der Waals surface area contributed by atoms with Crippen LogP contribution in [0, 0.1) is 11.5 Å². The molecule has 1 unspecified atom stereocenters. The summed E-state index contributed by atoms with van der Waals surface area (Å²) >= 11 is 11.1. The van der Waals surface area contributed by atoms with Gasteiger partial charge in [-0.1, -0.05) is 11.6 Å². The highest BCUT2D eigenvalue weighted by molar-refractivity contribution is 9.11. The number of benzene rings is 1. The summed E-state index contributed by atoms with van der Waals surface area (Å²) in [7, 11) is 0. The number of hydrogen-bond donors (Lipinski definition) is 2. The molecule has 0 bridgehead atoms. The van der Waals surface area contributed by atoms with Crippen LogP contribution in [0.2, 0.25) is 5.02 Å². The topological polar surface area (TPSA) is 116 Å². The fraction of sp³-hybridized carbons (Fsp3) is 0.333. The first-order chi connectivity index (χ1) is 15.9. The van der Waals surface area contributed by atoms with Crippen molar-refractivity contribution in [3.8, 4) is 6.19 Å². The molecule has 1 aromatic carbocycles. The number of amidine groups is 1. The first kappa shape index (κ1) is 23.7. The van der Waals surface area contributed by atoms with Crippen molar-refractivity contribution in [3.63, 3.8) is 0 Å². The van der Waals surface area contributed by atoms with Gasteiger partial charge in [-0.15, -0.1) is 11.3 Å². The molecule has 2 aromatic rings. The number of carbonyl (C=O) groups is 2. The number of thiophene rings is 1. The van der Waals surface area contributed by atoms with E-state index in [-0.39, 0.29) is 25.0 Å². The standard InChI is InChI=1S/C21H19BrClN5O4S/c22-17-4-3-16(33-17)19(29)27-21(5-7-32-11-21)20(30)26-13-1-2-15(14(23)9-13)28-6-8-31-10-18(28)25-12-24/h1-4,9H,5-8,10-11H2,(H,26,30)(H,27,29)/b25-18-. The van der Waals surface area contributed by atoms with Crippen LogP contribution in [0.15, 0.2) is 39.1 Å². The summed E-state index contributed by atoms with van der Waals surface area (Å²) in [6.07, 6.45) is 2.13.